The summed E-state index contributed by atoms with van der Waals surface area (Å²) in [6, 6.07) is 0. The molecular formula is C14H22O5. The molecule has 19 heavy (non-hydrogen) atoms. The zero-order valence-corrected chi connectivity index (χ0v) is 12.0. The van der Waals surface area contributed by atoms with Gasteiger partial charge in [-0.1, -0.05) is 12.2 Å². The average molecular weight is 270 g/mol. The Morgan fingerprint density at radius 3 is 1.84 bits per heavy atom. The van der Waals surface area contributed by atoms with Crippen LogP contribution >= 0.6 is 0 Å². The van der Waals surface area contributed by atoms with Crippen LogP contribution in [0.4, 0.5) is 0 Å². The summed E-state index contributed by atoms with van der Waals surface area (Å²) in [6.45, 7) is 6.71. The van der Waals surface area contributed by atoms with Gasteiger partial charge in [0.05, 0.1) is 13.2 Å². The van der Waals surface area contributed by atoms with Gasteiger partial charge in [0.2, 0.25) is 0 Å². The molecule has 0 rings (SSSR count). The predicted octanol–water partition coefficient (Wildman–Crippen LogP) is 2.04. The van der Waals surface area contributed by atoms with Crippen LogP contribution in [0.3, 0.4) is 0 Å². The summed E-state index contributed by atoms with van der Waals surface area (Å²) >= 11 is 0. The Hall–Kier alpha value is -1.65. The average Bonchev–Trinajstić information content (AvgIpc) is 2.34. The molecule has 0 aromatic rings. The predicted molar refractivity (Wildman–Crippen MR) is 70.4 cm³/mol. The van der Waals surface area contributed by atoms with Gasteiger partial charge in [-0.3, -0.25) is 14.4 Å². The standard InChI is InChI=1S/C14H22O5/c1-5-18-12(16)14(4,13(17)19-6-2)10-8-7-9-11(3)15/h7-8H,5-6,9-10H2,1-4H3/b8-7+. The Morgan fingerprint density at radius 1 is 1.00 bits per heavy atom. The number of rotatable bonds is 8. The molecule has 0 amide bonds. The van der Waals surface area contributed by atoms with Crippen molar-refractivity contribution in [3.05, 3.63) is 12.2 Å². The first-order valence-corrected chi connectivity index (χ1v) is 6.37. The van der Waals surface area contributed by atoms with E-state index in [-0.39, 0.29) is 31.8 Å². The van der Waals surface area contributed by atoms with Crippen LogP contribution in [0.25, 0.3) is 0 Å². The Kier molecular flexibility index (Phi) is 7.72. The van der Waals surface area contributed by atoms with E-state index < -0.39 is 17.4 Å². The second-order valence-corrected chi connectivity index (χ2v) is 4.35. The Morgan fingerprint density at radius 2 is 1.47 bits per heavy atom. The van der Waals surface area contributed by atoms with E-state index in [0.29, 0.717) is 0 Å². The van der Waals surface area contributed by atoms with Gasteiger partial charge in [0.25, 0.3) is 0 Å². The molecule has 0 fully saturated rings. The molecule has 0 heterocycles. The molecule has 0 saturated carbocycles. The van der Waals surface area contributed by atoms with Crippen LogP contribution in [-0.4, -0.2) is 30.9 Å². The van der Waals surface area contributed by atoms with Crippen molar-refractivity contribution in [3.8, 4) is 0 Å². The zero-order chi connectivity index (χ0) is 14.9. The van der Waals surface area contributed by atoms with E-state index in [2.05, 4.69) is 0 Å². The lowest BCUT2D eigenvalue weighted by Crippen LogP contribution is -2.39. The molecule has 0 aromatic carbocycles. The van der Waals surface area contributed by atoms with Gasteiger partial charge in [0.15, 0.2) is 5.41 Å². The quantitative estimate of drug-likeness (QED) is 0.383. The lowest BCUT2D eigenvalue weighted by Gasteiger charge is -2.23. The summed E-state index contributed by atoms with van der Waals surface area (Å²) in [5.74, 6) is -1.20. The van der Waals surface area contributed by atoms with E-state index in [1.54, 1.807) is 26.0 Å². The number of carbonyl (C=O) groups excluding carboxylic acids is 3. The van der Waals surface area contributed by atoms with Gasteiger partial charge < -0.3 is 9.47 Å². The molecule has 5 heteroatoms. The minimum atomic E-state index is -1.36. The van der Waals surface area contributed by atoms with Crippen LogP contribution in [0.15, 0.2) is 12.2 Å². The number of ketones is 1. The summed E-state index contributed by atoms with van der Waals surface area (Å²) in [5.41, 5.74) is -1.36. The lowest BCUT2D eigenvalue weighted by atomic mass is 9.86. The molecule has 5 nitrogen and oxygen atoms in total. The molecule has 108 valence electrons. The van der Waals surface area contributed by atoms with Crippen LogP contribution in [-0.2, 0) is 23.9 Å². The SMILES string of the molecule is CCOC(=O)C(C)(C/C=C/CC(C)=O)C(=O)OCC. The van der Waals surface area contributed by atoms with Crippen LogP contribution in [0, 0.1) is 5.41 Å². The molecule has 0 N–H and O–H groups in total. The molecule has 0 aliphatic heterocycles. The van der Waals surface area contributed by atoms with Gasteiger partial charge >= 0.3 is 11.9 Å². The van der Waals surface area contributed by atoms with Crippen molar-refractivity contribution in [2.45, 2.75) is 40.5 Å². The largest absolute Gasteiger partial charge is 0.465 e. The van der Waals surface area contributed by atoms with Gasteiger partial charge in [0.1, 0.15) is 5.78 Å². The minimum absolute atomic E-state index is 0.0187. The van der Waals surface area contributed by atoms with Gasteiger partial charge in [0, 0.05) is 6.42 Å². The van der Waals surface area contributed by atoms with Crippen LogP contribution in [0.5, 0.6) is 0 Å². The number of carbonyl (C=O) groups is 3. The highest BCUT2D eigenvalue weighted by molar-refractivity contribution is 5.99. The summed E-state index contributed by atoms with van der Waals surface area (Å²) in [6.07, 6.45) is 3.70. The van der Waals surface area contributed by atoms with Gasteiger partial charge in [-0.25, -0.2) is 0 Å². The molecule has 0 saturated heterocycles. The highest BCUT2D eigenvalue weighted by Crippen LogP contribution is 2.26. The van der Waals surface area contributed by atoms with Gasteiger partial charge in [-0.15, -0.1) is 0 Å². The zero-order valence-electron chi connectivity index (χ0n) is 12.0. The number of hydrogen-bond acceptors (Lipinski definition) is 5. The molecule has 0 aliphatic rings. The van der Waals surface area contributed by atoms with Crippen molar-refractivity contribution >= 4 is 17.7 Å². The third kappa shape index (κ3) is 5.68. The maximum Gasteiger partial charge on any atom is 0.323 e. The van der Waals surface area contributed by atoms with E-state index in [9.17, 15) is 14.4 Å². The van der Waals surface area contributed by atoms with Gasteiger partial charge in [-0.2, -0.15) is 0 Å². The summed E-state index contributed by atoms with van der Waals surface area (Å²) in [5, 5.41) is 0. The highest BCUT2D eigenvalue weighted by Gasteiger charge is 2.43. The summed E-state index contributed by atoms with van der Waals surface area (Å²) < 4.78 is 9.82. The highest BCUT2D eigenvalue weighted by atomic mass is 16.6. The van der Waals surface area contributed by atoms with Crippen LogP contribution in [0.2, 0.25) is 0 Å². The molecule has 0 bridgehead atoms. The van der Waals surface area contributed by atoms with E-state index >= 15 is 0 Å². The monoisotopic (exact) mass is 270 g/mol. The summed E-state index contributed by atoms with van der Waals surface area (Å²) in [4.78, 5) is 34.6. The van der Waals surface area contributed by atoms with Crippen molar-refractivity contribution in [2.24, 2.45) is 5.41 Å². The molecule has 0 spiro atoms. The molecule has 0 unspecified atom stereocenters. The third-order valence-electron chi connectivity index (χ3n) is 2.55. The fourth-order valence-electron chi connectivity index (χ4n) is 1.40. The Bertz CT molecular complexity index is 339. The molecular weight excluding hydrogens is 248 g/mol. The second kappa shape index (κ2) is 8.45. The van der Waals surface area contributed by atoms with Gasteiger partial charge in [-0.05, 0) is 34.1 Å². The molecule has 0 radical (unpaired) electrons. The number of ether oxygens (including phenoxy) is 2. The van der Waals surface area contributed by atoms with Crippen molar-refractivity contribution in [3.63, 3.8) is 0 Å². The fraction of sp³-hybridized carbons (Fsp3) is 0.643. The van der Waals surface area contributed by atoms with E-state index in [1.165, 1.54) is 13.8 Å². The summed E-state index contributed by atoms with van der Waals surface area (Å²) in [7, 11) is 0. The first kappa shape index (κ1) is 17.4. The molecule has 0 aromatic heterocycles. The van der Waals surface area contributed by atoms with E-state index in [4.69, 9.17) is 9.47 Å². The first-order chi connectivity index (χ1) is 8.88. The maximum absolute atomic E-state index is 11.9. The molecule has 0 atom stereocenters. The van der Waals surface area contributed by atoms with Crippen LogP contribution in [0.1, 0.15) is 40.5 Å². The third-order valence-corrected chi connectivity index (χ3v) is 2.55. The smallest absolute Gasteiger partial charge is 0.323 e. The Labute approximate surface area is 114 Å². The van der Waals surface area contributed by atoms with E-state index in [0.717, 1.165) is 0 Å². The van der Waals surface area contributed by atoms with Crippen LogP contribution < -0.4 is 0 Å². The molecule has 0 aliphatic carbocycles. The first-order valence-electron chi connectivity index (χ1n) is 6.37. The second-order valence-electron chi connectivity index (χ2n) is 4.35. The Balaban J connectivity index is 4.85. The lowest BCUT2D eigenvalue weighted by molar-refractivity contribution is -0.170. The van der Waals surface area contributed by atoms with E-state index in [1.807, 2.05) is 0 Å². The number of Topliss-reactive ketones (excluding diaryl/α,β-unsaturated/α-hetero) is 1. The number of esters is 2. The van der Waals surface area contributed by atoms with Crippen molar-refractivity contribution in [1.29, 1.82) is 0 Å². The van der Waals surface area contributed by atoms with Crippen molar-refractivity contribution < 1.29 is 23.9 Å². The minimum Gasteiger partial charge on any atom is -0.465 e. The number of allylic oxidation sites excluding steroid dienone is 2. The van der Waals surface area contributed by atoms with Crippen molar-refractivity contribution in [2.75, 3.05) is 13.2 Å². The maximum atomic E-state index is 11.9. The normalized spacial score (nSPS) is 11.4. The van der Waals surface area contributed by atoms with Crippen molar-refractivity contribution in [1.82, 2.24) is 0 Å². The number of hydrogen-bond donors (Lipinski definition) is 0. The topological polar surface area (TPSA) is 69.7 Å². The fourth-order valence-corrected chi connectivity index (χ4v) is 1.40.